The molecule has 1 heterocycles. The number of amides is 1. The van der Waals surface area contributed by atoms with Gasteiger partial charge in [-0.3, -0.25) is 9.59 Å². The molecule has 1 fully saturated rings. The van der Waals surface area contributed by atoms with Gasteiger partial charge in [-0.15, -0.1) is 0 Å². The van der Waals surface area contributed by atoms with Crippen LogP contribution in [0.25, 0.3) is 0 Å². The summed E-state index contributed by atoms with van der Waals surface area (Å²) in [5, 5.41) is 3.00. The van der Waals surface area contributed by atoms with E-state index in [1.165, 1.54) is 6.92 Å². The van der Waals surface area contributed by atoms with Crippen molar-refractivity contribution in [1.29, 1.82) is 0 Å². The van der Waals surface area contributed by atoms with Gasteiger partial charge in [0.25, 0.3) is 0 Å². The lowest BCUT2D eigenvalue weighted by atomic mass is 10.3. The number of rotatable bonds is 2. The first kappa shape index (κ1) is 9.19. The molecule has 1 amide bonds. The lowest BCUT2D eigenvalue weighted by Crippen LogP contribution is -2.37. The molecule has 4 nitrogen and oxygen atoms in total. The number of hydrogen-bond acceptors (Lipinski definition) is 3. The highest BCUT2D eigenvalue weighted by molar-refractivity contribution is 5.85. The molecule has 4 heteroatoms. The van der Waals surface area contributed by atoms with E-state index in [0.29, 0.717) is 13.1 Å². The molecule has 0 saturated carbocycles. The first-order valence-corrected chi connectivity index (χ1v) is 4.18. The van der Waals surface area contributed by atoms with E-state index < -0.39 is 0 Å². The van der Waals surface area contributed by atoms with Crippen LogP contribution >= 0.6 is 0 Å². The molecule has 0 aromatic heterocycles. The lowest BCUT2D eigenvalue weighted by molar-refractivity contribution is -0.133. The van der Waals surface area contributed by atoms with E-state index in [2.05, 4.69) is 5.32 Å². The second kappa shape index (κ2) is 4.21. The second-order valence-electron chi connectivity index (χ2n) is 3.05. The predicted molar refractivity (Wildman–Crippen MR) is 44.7 cm³/mol. The third kappa shape index (κ3) is 2.62. The van der Waals surface area contributed by atoms with Crippen LogP contribution in [0.2, 0.25) is 0 Å². The monoisotopic (exact) mass is 170 g/mol. The van der Waals surface area contributed by atoms with Crippen molar-refractivity contribution in [3.8, 4) is 0 Å². The smallest absolute Gasteiger partial charge is 0.236 e. The maximum absolute atomic E-state index is 11.3. The zero-order valence-electron chi connectivity index (χ0n) is 7.30. The summed E-state index contributed by atoms with van der Waals surface area (Å²) < 4.78 is 0. The maximum atomic E-state index is 11.3. The summed E-state index contributed by atoms with van der Waals surface area (Å²) in [6.45, 7) is 3.70. The molecule has 0 aromatic rings. The van der Waals surface area contributed by atoms with Crippen LogP contribution in [0.15, 0.2) is 0 Å². The van der Waals surface area contributed by atoms with Gasteiger partial charge in [0.1, 0.15) is 5.78 Å². The first-order chi connectivity index (χ1) is 5.70. The number of ketones is 1. The van der Waals surface area contributed by atoms with Gasteiger partial charge in [-0.05, 0) is 19.9 Å². The third-order valence-electron chi connectivity index (χ3n) is 1.82. The zero-order chi connectivity index (χ0) is 8.97. The number of Topliss-reactive ketones (excluding diaryl/α,β-unsaturated/α-hetero) is 1. The van der Waals surface area contributed by atoms with Gasteiger partial charge in [-0.2, -0.15) is 0 Å². The van der Waals surface area contributed by atoms with Crippen molar-refractivity contribution in [1.82, 2.24) is 10.2 Å². The molecule has 0 aliphatic carbocycles. The molecule has 1 N–H and O–H groups in total. The van der Waals surface area contributed by atoms with E-state index in [-0.39, 0.29) is 18.2 Å². The molecule has 1 rings (SSSR count). The first-order valence-electron chi connectivity index (χ1n) is 4.18. The molecule has 0 spiro atoms. The summed E-state index contributed by atoms with van der Waals surface area (Å²) in [5.41, 5.74) is 0. The molecule has 0 atom stereocenters. The van der Waals surface area contributed by atoms with E-state index in [0.717, 1.165) is 13.0 Å². The largest absolute Gasteiger partial charge is 0.334 e. The quantitative estimate of drug-likeness (QED) is 0.602. The van der Waals surface area contributed by atoms with Crippen LogP contribution in [-0.4, -0.2) is 42.8 Å². The lowest BCUT2D eigenvalue weighted by Gasteiger charge is -2.17. The number of nitrogens with one attached hydrogen (secondary N) is 1. The number of carbonyl (C=O) groups excluding carboxylic acids is 2. The van der Waals surface area contributed by atoms with Crippen LogP contribution in [0.3, 0.4) is 0 Å². The number of carbonyl (C=O) groups is 2. The number of hydrogen-bond donors (Lipinski definition) is 1. The fraction of sp³-hybridized carbons (Fsp3) is 0.750. The highest BCUT2D eigenvalue weighted by atomic mass is 16.2. The van der Waals surface area contributed by atoms with Crippen LogP contribution in [0.4, 0.5) is 0 Å². The van der Waals surface area contributed by atoms with Crippen molar-refractivity contribution < 1.29 is 9.59 Å². The Balaban J connectivity index is 2.47. The Labute approximate surface area is 71.9 Å². The molecule has 1 saturated heterocycles. The molecule has 12 heavy (non-hydrogen) atoms. The predicted octanol–water partition coefficient (Wildman–Crippen LogP) is -0.603. The molecule has 0 bridgehead atoms. The van der Waals surface area contributed by atoms with Gasteiger partial charge >= 0.3 is 0 Å². The van der Waals surface area contributed by atoms with E-state index >= 15 is 0 Å². The van der Waals surface area contributed by atoms with Crippen LogP contribution in [0, 0.1) is 0 Å². The molecular weight excluding hydrogens is 156 g/mol. The Bertz CT molecular complexity index is 191. The van der Waals surface area contributed by atoms with Crippen LogP contribution in [0.1, 0.15) is 13.3 Å². The molecule has 68 valence electrons. The third-order valence-corrected chi connectivity index (χ3v) is 1.82. The van der Waals surface area contributed by atoms with Gasteiger partial charge in [0.2, 0.25) is 5.91 Å². The Hall–Kier alpha value is -0.900. The van der Waals surface area contributed by atoms with Gasteiger partial charge in [0, 0.05) is 6.54 Å². The fourth-order valence-corrected chi connectivity index (χ4v) is 1.26. The molecule has 1 aliphatic rings. The Morgan fingerprint density at radius 1 is 1.67 bits per heavy atom. The van der Waals surface area contributed by atoms with Gasteiger partial charge in [0.05, 0.1) is 13.1 Å². The SMILES string of the molecule is CC(=O)CN1CCCNCC1=O. The van der Waals surface area contributed by atoms with Crippen LogP contribution in [0.5, 0.6) is 0 Å². The summed E-state index contributed by atoms with van der Waals surface area (Å²) >= 11 is 0. The van der Waals surface area contributed by atoms with Crippen molar-refractivity contribution >= 4 is 11.7 Å². The molecule has 1 aliphatic heterocycles. The topological polar surface area (TPSA) is 49.4 Å². The zero-order valence-corrected chi connectivity index (χ0v) is 7.30. The molecular formula is C8H14N2O2. The van der Waals surface area contributed by atoms with Gasteiger partial charge in [-0.25, -0.2) is 0 Å². The standard InChI is InChI=1S/C8H14N2O2/c1-7(11)6-10-4-2-3-9-5-8(10)12/h9H,2-6H2,1H3. The van der Waals surface area contributed by atoms with E-state index in [4.69, 9.17) is 0 Å². The Kier molecular flexibility index (Phi) is 3.22. The minimum Gasteiger partial charge on any atom is -0.334 e. The average molecular weight is 170 g/mol. The second-order valence-corrected chi connectivity index (χ2v) is 3.05. The van der Waals surface area contributed by atoms with Crippen molar-refractivity contribution in [3.63, 3.8) is 0 Å². The fourth-order valence-electron chi connectivity index (χ4n) is 1.26. The summed E-state index contributed by atoms with van der Waals surface area (Å²) in [4.78, 5) is 23.6. The van der Waals surface area contributed by atoms with Gasteiger partial charge < -0.3 is 10.2 Å². The molecule has 0 radical (unpaired) electrons. The average Bonchev–Trinajstić information content (AvgIpc) is 2.16. The van der Waals surface area contributed by atoms with Gasteiger partial charge in [-0.1, -0.05) is 0 Å². The molecule has 0 aromatic carbocycles. The maximum Gasteiger partial charge on any atom is 0.236 e. The summed E-state index contributed by atoms with van der Waals surface area (Å²) in [5.74, 6) is 0.0768. The van der Waals surface area contributed by atoms with Crippen LogP contribution < -0.4 is 5.32 Å². The Morgan fingerprint density at radius 3 is 3.08 bits per heavy atom. The highest BCUT2D eigenvalue weighted by Crippen LogP contribution is 1.96. The molecule has 0 unspecified atom stereocenters. The van der Waals surface area contributed by atoms with Crippen molar-refractivity contribution in [2.24, 2.45) is 0 Å². The minimum atomic E-state index is 0.0303. The van der Waals surface area contributed by atoms with Crippen molar-refractivity contribution in [2.75, 3.05) is 26.2 Å². The van der Waals surface area contributed by atoms with E-state index in [1.54, 1.807) is 4.90 Å². The normalized spacial score (nSPS) is 19.1. The van der Waals surface area contributed by atoms with E-state index in [1.807, 2.05) is 0 Å². The highest BCUT2D eigenvalue weighted by Gasteiger charge is 2.16. The van der Waals surface area contributed by atoms with Crippen molar-refractivity contribution in [3.05, 3.63) is 0 Å². The van der Waals surface area contributed by atoms with E-state index in [9.17, 15) is 9.59 Å². The summed E-state index contributed by atoms with van der Waals surface area (Å²) in [6, 6.07) is 0. The number of nitrogens with zero attached hydrogens (tertiary/aromatic N) is 1. The Morgan fingerprint density at radius 2 is 2.42 bits per heavy atom. The van der Waals surface area contributed by atoms with Crippen molar-refractivity contribution in [2.45, 2.75) is 13.3 Å². The van der Waals surface area contributed by atoms with Crippen LogP contribution in [-0.2, 0) is 9.59 Å². The minimum absolute atomic E-state index is 0.0303. The van der Waals surface area contributed by atoms with Gasteiger partial charge in [0.15, 0.2) is 0 Å². The summed E-state index contributed by atoms with van der Waals surface area (Å²) in [7, 11) is 0. The summed E-state index contributed by atoms with van der Waals surface area (Å²) in [6.07, 6.45) is 0.930.